The van der Waals surface area contributed by atoms with E-state index < -0.39 is 17.5 Å². The highest BCUT2D eigenvalue weighted by Gasteiger charge is 2.16. The summed E-state index contributed by atoms with van der Waals surface area (Å²) in [5.74, 6) is -1.82. The molecule has 3 rings (SSSR count). The van der Waals surface area contributed by atoms with Crippen molar-refractivity contribution in [2.45, 2.75) is 0 Å². The van der Waals surface area contributed by atoms with Crippen LogP contribution in [-0.4, -0.2) is 38.8 Å². The molecule has 2 aromatic carbocycles. The summed E-state index contributed by atoms with van der Waals surface area (Å²) in [6.45, 7) is 2.60. The second-order valence-corrected chi connectivity index (χ2v) is 6.22. The SMILES string of the molecule is O=C(CNc1cc(Cl)ccc1N1CCOCC1)Nc1cc(F)ccc1F. The Balaban J connectivity index is 1.67. The average Bonchev–Trinajstić information content (AvgIpc) is 2.64. The largest absolute Gasteiger partial charge is 0.378 e. The highest BCUT2D eigenvalue weighted by Crippen LogP contribution is 2.29. The van der Waals surface area contributed by atoms with Crippen molar-refractivity contribution in [3.63, 3.8) is 0 Å². The Labute approximate surface area is 154 Å². The molecule has 5 nitrogen and oxygen atoms in total. The second kappa shape index (κ2) is 8.33. The first kappa shape index (κ1) is 18.4. The molecule has 2 N–H and O–H groups in total. The molecule has 26 heavy (non-hydrogen) atoms. The Morgan fingerprint density at radius 2 is 1.88 bits per heavy atom. The average molecular weight is 382 g/mol. The Bertz CT molecular complexity index is 798. The molecule has 0 atom stereocenters. The summed E-state index contributed by atoms with van der Waals surface area (Å²) in [4.78, 5) is 14.2. The summed E-state index contributed by atoms with van der Waals surface area (Å²) in [6, 6.07) is 8.27. The van der Waals surface area contributed by atoms with Gasteiger partial charge in [-0.3, -0.25) is 4.79 Å². The molecular formula is C18H18ClF2N3O2. The van der Waals surface area contributed by atoms with Crippen LogP contribution in [0, 0.1) is 11.6 Å². The van der Waals surface area contributed by atoms with Crippen LogP contribution in [0.4, 0.5) is 25.8 Å². The maximum atomic E-state index is 13.6. The monoisotopic (exact) mass is 381 g/mol. The van der Waals surface area contributed by atoms with Gasteiger partial charge in [-0.05, 0) is 30.3 Å². The molecule has 0 aliphatic carbocycles. The molecule has 0 saturated carbocycles. The standard InChI is InChI=1S/C18H18ClF2N3O2/c19-12-1-4-17(24-5-7-26-8-6-24)16(9-12)22-11-18(25)23-15-10-13(20)2-3-14(15)21/h1-4,9-10,22H,5-8,11H2,(H,23,25). The number of hydrogen-bond donors (Lipinski definition) is 2. The van der Waals surface area contributed by atoms with Crippen LogP contribution in [0.5, 0.6) is 0 Å². The van der Waals surface area contributed by atoms with Gasteiger partial charge in [-0.1, -0.05) is 11.6 Å². The molecule has 1 amide bonds. The second-order valence-electron chi connectivity index (χ2n) is 5.79. The van der Waals surface area contributed by atoms with Crippen LogP contribution in [0.25, 0.3) is 0 Å². The molecule has 0 aromatic heterocycles. The normalized spacial score (nSPS) is 14.2. The van der Waals surface area contributed by atoms with E-state index in [1.165, 1.54) is 0 Å². The Hall–Kier alpha value is -2.38. The molecule has 2 aromatic rings. The fraction of sp³-hybridized carbons (Fsp3) is 0.278. The van der Waals surface area contributed by atoms with Crippen LogP contribution in [0.15, 0.2) is 36.4 Å². The van der Waals surface area contributed by atoms with E-state index in [9.17, 15) is 13.6 Å². The van der Waals surface area contributed by atoms with Crippen molar-refractivity contribution < 1.29 is 18.3 Å². The van der Waals surface area contributed by atoms with E-state index in [0.717, 1.165) is 37.0 Å². The number of morpholine rings is 1. The number of nitrogens with zero attached hydrogens (tertiary/aromatic N) is 1. The first-order chi connectivity index (χ1) is 12.5. The predicted octanol–water partition coefficient (Wildman–Crippen LogP) is 3.51. The van der Waals surface area contributed by atoms with E-state index in [4.69, 9.17) is 16.3 Å². The molecule has 1 aliphatic heterocycles. The predicted molar refractivity (Wildman–Crippen MR) is 98.0 cm³/mol. The van der Waals surface area contributed by atoms with Crippen molar-refractivity contribution in [3.05, 3.63) is 53.1 Å². The minimum absolute atomic E-state index is 0.117. The molecule has 8 heteroatoms. The lowest BCUT2D eigenvalue weighted by molar-refractivity contribution is -0.114. The van der Waals surface area contributed by atoms with E-state index in [1.54, 1.807) is 12.1 Å². The van der Waals surface area contributed by atoms with Gasteiger partial charge in [0.15, 0.2) is 0 Å². The smallest absolute Gasteiger partial charge is 0.243 e. The van der Waals surface area contributed by atoms with Gasteiger partial charge in [0.25, 0.3) is 0 Å². The van der Waals surface area contributed by atoms with Crippen LogP contribution >= 0.6 is 11.6 Å². The lowest BCUT2D eigenvalue weighted by Gasteiger charge is -2.30. The maximum Gasteiger partial charge on any atom is 0.243 e. The minimum Gasteiger partial charge on any atom is -0.378 e. The first-order valence-electron chi connectivity index (χ1n) is 8.14. The lowest BCUT2D eigenvalue weighted by atomic mass is 10.2. The van der Waals surface area contributed by atoms with Crippen molar-refractivity contribution in [1.29, 1.82) is 0 Å². The molecule has 1 aliphatic rings. The molecule has 0 unspecified atom stereocenters. The number of rotatable bonds is 5. The van der Waals surface area contributed by atoms with Crippen molar-refractivity contribution in [1.82, 2.24) is 0 Å². The highest BCUT2D eigenvalue weighted by atomic mass is 35.5. The number of nitrogens with one attached hydrogen (secondary N) is 2. The molecule has 1 fully saturated rings. The number of amides is 1. The number of ether oxygens (including phenoxy) is 1. The van der Waals surface area contributed by atoms with Gasteiger partial charge in [0.05, 0.1) is 36.8 Å². The van der Waals surface area contributed by atoms with Gasteiger partial charge in [0, 0.05) is 24.2 Å². The van der Waals surface area contributed by atoms with Crippen molar-refractivity contribution >= 4 is 34.6 Å². The van der Waals surface area contributed by atoms with Crippen molar-refractivity contribution in [2.24, 2.45) is 0 Å². The first-order valence-corrected chi connectivity index (χ1v) is 8.52. The molecule has 1 heterocycles. The zero-order valence-electron chi connectivity index (χ0n) is 13.9. The number of carbonyl (C=O) groups excluding carboxylic acids is 1. The molecule has 0 bridgehead atoms. The summed E-state index contributed by atoms with van der Waals surface area (Å²) in [5, 5.41) is 5.89. The maximum absolute atomic E-state index is 13.6. The minimum atomic E-state index is -0.698. The van der Waals surface area contributed by atoms with Crippen molar-refractivity contribution in [2.75, 3.05) is 48.4 Å². The summed E-state index contributed by atoms with van der Waals surface area (Å²) in [6.07, 6.45) is 0. The van der Waals surface area contributed by atoms with Gasteiger partial charge in [-0.2, -0.15) is 0 Å². The van der Waals surface area contributed by atoms with Gasteiger partial charge in [0.2, 0.25) is 5.91 Å². The molecule has 0 spiro atoms. The van der Waals surface area contributed by atoms with Gasteiger partial charge < -0.3 is 20.3 Å². The molecular weight excluding hydrogens is 364 g/mol. The third-order valence-electron chi connectivity index (χ3n) is 3.95. The van der Waals surface area contributed by atoms with Gasteiger partial charge in [-0.15, -0.1) is 0 Å². The van der Waals surface area contributed by atoms with E-state index in [1.807, 2.05) is 6.07 Å². The third kappa shape index (κ3) is 4.62. The summed E-state index contributed by atoms with van der Waals surface area (Å²) < 4.78 is 32.2. The zero-order chi connectivity index (χ0) is 18.5. The highest BCUT2D eigenvalue weighted by molar-refractivity contribution is 6.31. The number of carbonyl (C=O) groups is 1. The van der Waals surface area contributed by atoms with Crippen LogP contribution in [0.2, 0.25) is 5.02 Å². The molecule has 0 radical (unpaired) electrons. The summed E-state index contributed by atoms with van der Waals surface area (Å²) in [7, 11) is 0. The number of anilines is 3. The Morgan fingerprint density at radius 1 is 1.12 bits per heavy atom. The fourth-order valence-electron chi connectivity index (χ4n) is 2.69. The molecule has 1 saturated heterocycles. The third-order valence-corrected chi connectivity index (χ3v) is 4.19. The van der Waals surface area contributed by atoms with Gasteiger partial charge in [-0.25, -0.2) is 8.78 Å². The van der Waals surface area contributed by atoms with E-state index in [-0.39, 0.29) is 12.2 Å². The van der Waals surface area contributed by atoms with Gasteiger partial charge >= 0.3 is 0 Å². The fourth-order valence-corrected chi connectivity index (χ4v) is 2.87. The van der Waals surface area contributed by atoms with Crippen LogP contribution in [-0.2, 0) is 9.53 Å². The van der Waals surface area contributed by atoms with E-state index in [0.29, 0.717) is 23.9 Å². The quantitative estimate of drug-likeness (QED) is 0.832. The Kier molecular flexibility index (Phi) is 5.90. The van der Waals surface area contributed by atoms with Crippen LogP contribution in [0.1, 0.15) is 0 Å². The van der Waals surface area contributed by atoms with Crippen LogP contribution < -0.4 is 15.5 Å². The number of halogens is 3. The Morgan fingerprint density at radius 3 is 2.65 bits per heavy atom. The topological polar surface area (TPSA) is 53.6 Å². The lowest BCUT2D eigenvalue weighted by Crippen LogP contribution is -2.36. The molecule has 138 valence electrons. The van der Waals surface area contributed by atoms with Gasteiger partial charge in [0.1, 0.15) is 11.6 Å². The number of hydrogen-bond acceptors (Lipinski definition) is 4. The van der Waals surface area contributed by atoms with Crippen LogP contribution in [0.3, 0.4) is 0 Å². The summed E-state index contributed by atoms with van der Waals surface area (Å²) in [5.41, 5.74) is 1.40. The van der Waals surface area contributed by atoms with E-state index in [2.05, 4.69) is 15.5 Å². The van der Waals surface area contributed by atoms with E-state index >= 15 is 0 Å². The summed E-state index contributed by atoms with van der Waals surface area (Å²) >= 11 is 6.06. The zero-order valence-corrected chi connectivity index (χ0v) is 14.7. The number of benzene rings is 2. The van der Waals surface area contributed by atoms with Crippen molar-refractivity contribution in [3.8, 4) is 0 Å².